The average molecular weight is 282 g/mol. The Morgan fingerprint density at radius 3 is 2.70 bits per heavy atom. The Morgan fingerprint density at radius 1 is 1.15 bits per heavy atom. The van der Waals surface area contributed by atoms with Crippen LogP contribution >= 0.6 is 11.3 Å². The van der Waals surface area contributed by atoms with Crippen molar-refractivity contribution < 1.29 is 0 Å². The number of fused-ring (bicyclic) bond motifs is 1. The molecule has 3 rings (SSSR count). The van der Waals surface area contributed by atoms with E-state index in [4.69, 9.17) is 0 Å². The maximum atomic E-state index is 4.40. The molecule has 102 valence electrons. The summed E-state index contributed by atoms with van der Waals surface area (Å²) in [6.45, 7) is 5.17. The molecule has 0 bridgehead atoms. The summed E-state index contributed by atoms with van der Waals surface area (Å²) in [4.78, 5) is 5.71. The molecule has 2 nitrogen and oxygen atoms in total. The number of aryl methyl sites for hydroxylation is 1. The third-order valence-electron chi connectivity index (χ3n) is 3.59. The molecular formula is C17H18N2S. The van der Waals surface area contributed by atoms with Crippen molar-refractivity contribution >= 4 is 22.1 Å². The van der Waals surface area contributed by atoms with E-state index in [0.717, 1.165) is 12.2 Å². The number of hydrogen-bond acceptors (Lipinski definition) is 3. The van der Waals surface area contributed by atoms with E-state index in [0.29, 0.717) is 0 Å². The van der Waals surface area contributed by atoms with Crippen LogP contribution in [0.1, 0.15) is 29.1 Å². The van der Waals surface area contributed by atoms with Gasteiger partial charge in [-0.3, -0.25) is 0 Å². The average Bonchev–Trinajstić information content (AvgIpc) is 2.90. The first kappa shape index (κ1) is 13.3. The number of nitrogens with zero attached hydrogens (tertiary/aromatic N) is 1. The standard InChI is InChI=1S/C17H18N2S/c1-3-18-16(17-12(2)19-11-20-17)15-10-6-8-13-7-4-5-9-14(13)15/h4-11,16,18H,3H2,1-2H3. The van der Waals surface area contributed by atoms with Crippen LogP contribution in [0.4, 0.5) is 0 Å². The highest BCUT2D eigenvalue weighted by Crippen LogP contribution is 2.32. The molecule has 1 atom stereocenters. The molecule has 0 saturated heterocycles. The van der Waals surface area contributed by atoms with Crippen LogP contribution in [0.3, 0.4) is 0 Å². The molecule has 0 amide bonds. The fourth-order valence-corrected chi connectivity index (χ4v) is 3.53. The Bertz CT molecular complexity index is 712. The molecule has 0 spiro atoms. The number of thiazole rings is 1. The van der Waals surface area contributed by atoms with Gasteiger partial charge in [0.25, 0.3) is 0 Å². The lowest BCUT2D eigenvalue weighted by atomic mass is 9.97. The fraction of sp³-hybridized carbons (Fsp3) is 0.235. The van der Waals surface area contributed by atoms with Crippen molar-refractivity contribution in [3.8, 4) is 0 Å². The van der Waals surface area contributed by atoms with Crippen LogP contribution < -0.4 is 5.32 Å². The van der Waals surface area contributed by atoms with E-state index in [-0.39, 0.29) is 6.04 Å². The Labute approximate surface area is 123 Å². The second kappa shape index (κ2) is 5.73. The number of rotatable bonds is 4. The van der Waals surface area contributed by atoms with Crippen LogP contribution in [-0.2, 0) is 0 Å². The fourth-order valence-electron chi connectivity index (χ4n) is 2.64. The van der Waals surface area contributed by atoms with Crippen LogP contribution in [0.15, 0.2) is 48.0 Å². The minimum atomic E-state index is 0.221. The zero-order chi connectivity index (χ0) is 13.9. The highest BCUT2D eigenvalue weighted by atomic mass is 32.1. The van der Waals surface area contributed by atoms with Gasteiger partial charge in [-0.05, 0) is 29.8 Å². The van der Waals surface area contributed by atoms with Gasteiger partial charge in [-0.1, -0.05) is 49.4 Å². The predicted octanol–water partition coefficient (Wildman–Crippen LogP) is 4.30. The van der Waals surface area contributed by atoms with Gasteiger partial charge in [0.2, 0.25) is 0 Å². The monoisotopic (exact) mass is 282 g/mol. The van der Waals surface area contributed by atoms with Crippen LogP contribution in [0.5, 0.6) is 0 Å². The van der Waals surface area contributed by atoms with Crippen LogP contribution in [0.2, 0.25) is 0 Å². The van der Waals surface area contributed by atoms with Crippen molar-refractivity contribution in [3.05, 3.63) is 64.1 Å². The molecular weight excluding hydrogens is 264 g/mol. The van der Waals surface area contributed by atoms with E-state index in [9.17, 15) is 0 Å². The lowest BCUT2D eigenvalue weighted by Gasteiger charge is -2.19. The molecule has 0 aliphatic heterocycles. The minimum Gasteiger partial charge on any atom is -0.306 e. The van der Waals surface area contributed by atoms with E-state index in [1.54, 1.807) is 11.3 Å². The zero-order valence-corrected chi connectivity index (χ0v) is 12.6. The van der Waals surface area contributed by atoms with Gasteiger partial charge in [-0.15, -0.1) is 11.3 Å². The summed E-state index contributed by atoms with van der Waals surface area (Å²) < 4.78 is 0. The summed E-state index contributed by atoms with van der Waals surface area (Å²) in [5.41, 5.74) is 4.38. The molecule has 0 aliphatic rings. The van der Waals surface area contributed by atoms with Crippen molar-refractivity contribution in [3.63, 3.8) is 0 Å². The molecule has 1 N–H and O–H groups in total. The van der Waals surface area contributed by atoms with Crippen molar-refractivity contribution in [2.24, 2.45) is 0 Å². The third-order valence-corrected chi connectivity index (χ3v) is 4.58. The minimum absolute atomic E-state index is 0.221. The highest BCUT2D eigenvalue weighted by Gasteiger charge is 2.19. The van der Waals surface area contributed by atoms with Gasteiger partial charge < -0.3 is 5.32 Å². The quantitative estimate of drug-likeness (QED) is 0.771. The summed E-state index contributed by atoms with van der Waals surface area (Å²) in [7, 11) is 0. The van der Waals surface area contributed by atoms with Crippen LogP contribution in [0, 0.1) is 6.92 Å². The smallest absolute Gasteiger partial charge is 0.0798 e. The topological polar surface area (TPSA) is 24.9 Å². The Balaban J connectivity index is 2.17. The molecule has 1 unspecified atom stereocenters. The highest BCUT2D eigenvalue weighted by molar-refractivity contribution is 7.09. The lowest BCUT2D eigenvalue weighted by molar-refractivity contribution is 0.639. The van der Waals surface area contributed by atoms with E-state index < -0.39 is 0 Å². The first-order valence-corrected chi connectivity index (χ1v) is 7.80. The molecule has 0 aliphatic carbocycles. The van der Waals surface area contributed by atoms with Crippen LogP contribution in [-0.4, -0.2) is 11.5 Å². The van der Waals surface area contributed by atoms with Gasteiger partial charge in [-0.2, -0.15) is 0 Å². The first-order chi connectivity index (χ1) is 9.81. The predicted molar refractivity (Wildman–Crippen MR) is 86.3 cm³/mol. The van der Waals surface area contributed by atoms with Crippen LogP contribution in [0.25, 0.3) is 10.8 Å². The molecule has 0 fully saturated rings. The molecule has 20 heavy (non-hydrogen) atoms. The molecule has 1 aromatic heterocycles. The third kappa shape index (κ3) is 2.35. The molecule has 0 saturated carbocycles. The molecule has 1 heterocycles. The SMILES string of the molecule is CCNC(c1scnc1C)c1cccc2ccccc12. The lowest BCUT2D eigenvalue weighted by Crippen LogP contribution is -2.22. The maximum Gasteiger partial charge on any atom is 0.0798 e. The zero-order valence-electron chi connectivity index (χ0n) is 11.8. The Kier molecular flexibility index (Phi) is 3.81. The summed E-state index contributed by atoms with van der Waals surface area (Å²) in [6.07, 6.45) is 0. The Hall–Kier alpha value is -1.71. The molecule has 0 radical (unpaired) electrons. The van der Waals surface area contributed by atoms with Crippen molar-refractivity contribution in [1.29, 1.82) is 0 Å². The van der Waals surface area contributed by atoms with Gasteiger partial charge in [0.15, 0.2) is 0 Å². The summed E-state index contributed by atoms with van der Waals surface area (Å²) in [5.74, 6) is 0. The second-order valence-electron chi connectivity index (χ2n) is 4.86. The number of nitrogens with one attached hydrogen (secondary N) is 1. The summed E-state index contributed by atoms with van der Waals surface area (Å²) >= 11 is 1.73. The Morgan fingerprint density at radius 2 is 1.95 bits per heavy atom. The molecule has 2 aromatic carbocycles. The first-order valence-electron chi connectivity index (χ1n) is 6.92. The summed E-state index contributed by atoms with van der Waals surface area (Å²) in [6, 6.07) is 15.3. The van der Waals surface area contributed by atoms with Crippen molar-refractivity contribution in [2.45, 2.75) is 19.9 Å². The van der Waals surface area contributed by atoms with Gasteiger partial charge in [0, 0.05) is 4.88 Å². The van der Waals surface area contributed by atoms with Gasteiger partial charge in [0.1, 0.15) is 0 Å². The summed E-state index contributed by atoms with van der Waals surface area (Å²) in [5, 5.41) is 6.21. The van der Waals surface area contributed by atoms with E-state index in [1.807, 2.05) is 5.51 Å². The van der Waals surface area contributed by atoms with E-state index in [1.165, 1.54) is 21.2 Å². The van der Waals surface area contributed by atoms with Crippen molar-refractivity contribution in [1.82, 2.24) is 10.3 Å². The number of benzene rings is 2. The normalized spacial score (nSPS) is 12.7. The van der Waals surface area contributed by atoms with E-state index in [2.05, 4.69) is 66.6 Å². The van der Waals surface area contributed by atoms with Crippen molar-refractivity contribution in [2.75, 3.05) is 6.54 Å². The molecule has 3 aromatic rings. The number of hydrogen-bond donors (Lipinski definition) is 1. The van der Waals surface area contributed by atoms with Gasteiger partial charge in [0.05, 0.1) is 17.2 Å². The second-order valence-corrected chi connectivity index (χ2v) is 5.75. The van der Waals surface area contributed by atoms with Gasteiger partial charge >= 0.3 is 0 Å². The van der Waals surface area contributed by atoms with Gasteiger partial charge in [-0.25, -0.2) is 4.98 Å². The maximum absolute atomic E-state index is 4.40. The molecule has 3 heteroatoms. The van der Waals surface area contributed by atoms with E-state index >= 15 is 0 Å². The number of aromatic nitrogens is 1. The largest absolute Gasteiger partial charge is 0.306 e.